The summed E-state index contributed by atoms with van der Waals surface area (Å²) in [5.41, 5.74) is 1.63. The molecule has 0 radical (unpaired) electrons. The molecule has 0 spiro atoms. The van der Waals surface area contributed by atoms with Crippen LogP contribution < -0.4 is 9.64 Å². The van der Waals surface area contributed by atoms with Gasteiger partial charge in [0.1, 0.15) is 23.3 Å². The van der Waals surface area contributed by atoms with E-state index in [9.17, 15) is 19.8 Å². The molecule has 2 aromatic carbocycles. The molecule has 33 heavy (non-hydrogen) atoms. The molecule has 0 saturated carbocycles. The standard InChI is InChI=1S/C26H24N2O5/c1-3-14-33-21-12-11-17(15-16(21)2)24(30)22-23(18-8-6-7-13-27-18)28(26(32)25(22)31)19-9-4-5-10-20(19)29/h4-13,15,23,29-30H,3,14H2,1-2H3/b24-22-. The zero-order valence-corrected chi connectivity index (χ0v) is 18.4. The lowest BCUT2D eigenvalue weighted by atomic mass is 9.97. The van der Waals surface area contributed by atoms with Gasteiger partial charge in [0, 0.05) is 11.8 Å². The van der Waals surface area contributed by atoms with Crippen LogP contribution in [0.2, 0.25) is 0 Å². The first-order valence-electron chi connectivity index (χ1n) is 10.7. The van der Waals surface area contributed by atoms with E-state index in [1.165, 1.54) is 11.0 Å². The first-order valence-corrected chi connectivity index (χ1v) is 10.7. The number of hydrogen-bond acceptors (Lipinski definition) is 6. The van der Waals surface area contributed by atoms with Crippen molar-refractivity contribution in [3.8, 4) is 11.5 Å². The van der Waals surface area contributed by atoms with Crippen molar-refractivity contribution in [2.45, 2.75) is 26.3 Å². The molecule has 1 aliphatic rings. The maximum absolute atomic E-state index is 13.1. The fourth-order valence-electron chi connectivity index (χ4n) is 3.89. The molecule has 1 saturated heterocycles. The summed E-state index contributed by atoms with van der Waals surface area (Å²) in [6.45, 7) is 4.42. The Bertz CT molecular complexity index is 1240. The van der Waals surface area contributed by atoms with E-state index in [2.05, 4.69) is 4.98 Å². The van der Waals surface area contributed by atoms with Crippen LogP contribution in [0.15, 0.2) is 72.4 Å². The van der Waals surface area contributed by atoms with Crippen LogP contribution >= 0.6 is 0 Å². The molecular weight excluding hydrogens is 420 g/mol. The average molecular weight is 444 g/mol. The van der Waals surface area contributed by atoms with E-state index < -0.39 is 17.7 Å². The SMILES string of the molecule is CCCOc1ccc(/C(O)=C2/C(=O)C(=O)N(c3ccccc3O)C2c2ccccn2)cc1C. The van der Waals surface area contributed by atoms with Gasteiger partial charge in [0.05, 0.1) is 23.6 Å². The first kappa shape index (κ1) is 22.1. The second-order valence-electron chi connectivity index (χ2n) is 7.74. The van der Waals surface area contributed by atoms with E-state index >= 15 is 0 Å². The molecule has 168 valence electrons. The first-order chi connectivity index (χ1) is 15.9. The van der Waals surface area contributed by atoms with Gasteiger partial charge >= 0.3 is 0 Å². The number of pyridine rings is 1. The number of hydrogen-bond donors (Lipinski definition) is 2. The fraction of sp³-hybridized carbons (Fsp3) is 0.192. The Morgan fingerprint density at radius 2 is 1.85 bits per heavy atom. The Labute approximate surface area is 191 Å². The van der Waals surface area contributed by atoms with Crippen molar-refractivity contribution in [1.29, 1.82) is 0 Å². The smallest absolute Gasteiger partial charge is 0.300 e. The highest BCUT2D eigenvalue weighted by Crippen LogP contribution is 2.44. The predicted molar refractivity (Wildman–Crippen MR) is 124 cm³/mol. The molecule has 1 unspecified atom stereocenters. The summed E-state index contributed by atoms with van der Waals surface area (Å²) >= 11 is 0. The summed E-state index contributed by atoms with van der Waals surface area (Å²) in [4.78, 5) is 31.8. The number of benzene rings is 2. The third kappa shape index (κ3) is 4.05. The van der Waals surface area contributed by atoms with Crippen LogP contribution in [0.3, 0.4) is 0 Å². The molecule has 0 bridgehead atoms. The summed E-state index contributed by atoms with van der Waals surface area (Å²) in [5, 5.41) is 21.6. The van der Waals surface area contributed by atoms with E-state index in [1.54, 1.807) is 60.8 Å². The maximum Gasteiger partial charge on any atom is 0.300 e. The number of Topliss-reactive ketones (excluding diaryl/α,β-unsaturated/α-hetero) is 1. The Balaban J connectivity index is 1.88. The van der Waals surface area contributed by atoms with Crippen molar-refractivity contribution in [3.05, 3.63) is 89.3 Å². The van der Waals surface area contributed by atoms with E-state index in [4.69, 9.17) is 4.74 Å². The Kier molecular flexibility index (Phi) is 6.13. The van der Waals surface area contributed by atoms with Crippen molar-refractivity contribution in [2.75, 3.05) is 11.5 Å². The quantitative estimate of drug-likeness (QED) is 0.330. The zero-order valence-electron chi connectivity index (χ0n) is 18.4. The van der Waals surface area contributed by atoms with Gasteiger partial charge in [0.15, 0.2) is 0 Å². The molecule has 7 heteroatoms. The number of aromatic hydroxyl groups is 1. The molecule has 1 amide bonds. The number of phenolic OH excluding ortho intramolecular Hbond substituents is 1. The van der Waals surface area contributed by atoms with Crippen molar-refractivity contribution in [3.63, 3.8) is 0 Å². The van der Waals surface area contributed by atoms with E-state index in [0.717, 1.165) is 12.0 Å². The lowest BCUT2D eigenvalue weighted by Crippen LogP contribution is -2.29. The van der Waals surface area contributed by atoms with E-state index in [0.29, 0.717) is 23.6 Å². The molecule has 1 aliphatic heterocycles. The number of ether oxygens (including phenoxy) is 1. The zero-order chi connectivity index (χ0) is 23.5. The van der Waals surface area contributed by atoms with Crippen LogP contribution in [0, 0.1) is 6.92 Å². The summed E-state index contributed by atoms with van der Waals surface area (Å²) in [5.74, 6) is -1.49. The number of aromatic nitrogens is 1. The highest BCUT2D eigenvalue weighted by Gasteiger charge is 2.48. The van der Waals surface area contributed by atoms with Gasteiger partial charge < -0.3 is 14.9 Å². The van der Waals surface area contributed by atoms with Crippen molar-refractivity contribution in [1.82, 2.24) is 4.98 Å². The minimum Gasteiger partial charge on any atom is -0.507 e. The molecule has 2 heterocycles. The molecule has 7 nitrogen and oxygen atoms in total. The topological polar surface area (TPSA) is 100.0 Å². The molecule has 2 N–H and O–H groups in total. The number of anilines is 1. The number of rotatable bonds is 6. The minimum atomic E-state index is -1.00. The fourth-order valence-corrected chi connectivity index (χ4v) is 3.89. The monoisotopic (exact) mass is 444 g/mol. The molecule has 1 fully saturated rings. The number of para-hydroxylation sites is 2. The van der Waals surface area contributed by atoms with Crippen molar-refractivity contribution in [2.24, 2.45) is 0 Å². The predicted octanol–water partition coefficient (Wildman–Crippen LogP) is 4.51. The molecular formula is C26H24N2O5. The number of aryl methyl sites for hydroxylation is 1. The van der Waals surface area contributed by atoms with E-state index in [1.807, 2.05) is 13.8 Å². The highest BCUT2D eigenvalue weighted by molar-refractivity contribution is 6.51. The summed E-state index contributed by atoms with van der Waals surface area (Å²) in [6, 6.07) is 15.5. The molecule has 4 rings (SSSR count). The number of phenols is 1. The third-order valence-electron chi connectivity index (χ3n) is 5.46. The van der Waals surface area contributed by atoms with Gasteiger partial charge in [0.2, 0.25) is 0 Å². The second kappa shape index (κ2) is 9.16. The molecule has 3 aromatic rings. The Morgan fingerprint density at radius 1 is 1.09 bits per heavy atom. The molecule has 1 aromatic heterocycles. The van der Waals surface area contributed by atoms with Crippen LogP contribution in [0.4, 0.5) is 5.69 Å². The number of carbonyl (C=O) groups is 2. The van der Waals surface area contributed by atoms with E-state index in [-0.39, 0.29) is 22.8 Å². The number of carbonyl (C=O) groups excluding carboxylic acids is 2. The summed E-state index contributed by atoms with van der Waals surface area (Å²) in [6.07, 6.45) is 2.41. The molecule has 1 atom stereocenters. The summed E-state index contributed by atoms with van der Waals surface area (Å²) < 4.78 is 5.70. The lowest BCUT2D eigenvalue weighted by Gasteiger charge is -2.25. The number of amides is 1. The minimum absolute atomic E-state index is 0.0939. The van der Waals surface area contributed by atoms with Crippen LogP contribution in [0.25, 0.3) is 5.76 Å². The van der Waals surface area contributed by atoms with Crippen LogP contribution in [0.5, 0.6) is 11.5 Å². The van der Waals surface area contributed by atoms with Gasteiger partial charge in [-0.1, -0.05) is 25.1 Å². The number of ketones is 1. The Hall–Kier alpha value is -4.13. The maximum atomic E-state index is 13.1. The number of aliphatic hydroxyl groups excluding tert-OH is 1. The van der Waals surface area contributed by atoms with Crippen LogP contribution in [0.1, 0.15) is 36.2 Å². The second-order valence-corrected chi connectivity index (χ2v) is 7.74. The third-order valence-corrected chi connectivity index (χ3v) is 5.46. The van der Waals surface area contributed by atoms with Gasteiger partial charge in [-0.2, -0.15) is 0 Å². The van der Waals surface area contributed by atoms with Gasteiger partial charge in [-0.05, 0) is 61.4 Å². The largest absolute Gasteiger partial charge is 0.507 e. The summed E-state index contributed by atoms with van der Waals surface area (Å²) in [7, 11) is 0. The average Bonchev–Trinajstić information content (AvgIpc) is 3.09. The Morgan fingerprint density at radius 3 is 2.52 bits per heavy atom. The lowest BCUT2D eigenvalue weighted by molar-refractivity contribution is -0.132. The van der Waals surface area contributed by atoms with Gasteiger partial charge in [0.25, 0.3) is 11.7 Å². The van der Waals surface area contributed by atoms with Gasteiger partial charge in [-0.15, -0.1) is 0 Å². The van der Waals surface area contributed by atoms with Crippen LogP contribution in [-0.2, 0) is 9.59 Å². The van der Waals surface area contributed by atoms with Crippen LogP contribution in [-0.4, -0.2) is 33.5 Å². The van der Waals surface area contributed by atoms with Gasteiger partial charge in [-0.3, -0.25) is 19.5 Å². The van der Waals surface area contributed by atoms with Gasteiger partial charge in [-0.25, -0.2) is 0 Å². The van der Waals surface area contributed by atoms with Crippen molar-refractivity contribution >= 4 is 23.1 Å². The molecule has 0 aliphatic carbocycles. The highest BCUT2D eigenvalue weighted by atomic mass is 16.5. The number of nitrogens with zero attached hydrogens (tertiary/aromatic N) is 2. The van der Waals surface area contributed by atoms with Crippen molar-refractivity contribution < 1.29 is 24.5 Å². The number of aliphatic hydroxyl groups is 1. The normalized spacial score (nSPS) is 17.4.